The summed E-state index contributed by atoms with van der Waals surface area (Å²) in [4.78, 5) is 10.3. The minimum atomic E-state index is -1.91. The van der Waals surface area contributed by atoms with Crippen molar-refractivity contribution in [1.29, 1.82) is 0 Å². The van der Waals surface area contributed by atoms with Crippen molar-refractivity contribution in [3.8, 4) is 0 Å². The Labute approximate surface area is 76.0 Å². The van der Waals surface area contributed by atoms with Gasteiger partial charge in [-0.15, -0.1) is 0 Å². The Morgan fingerprint density at radius 2 is 2.31 bits per heavy atom. The molecule has 1 rings (SSSR count). The number of rotatable bonds is 3. The van der Waals surface area contributed by atoms with Crippen LogP contribution in [0.4, 0.5) is 4.39 Å². The maximum atomic E-state index is 13.0. The minimum Gasteiger partial charge on any atom is -0.479 e. The number of hydrogen-bond acceptors (Lipinski definition) is 1. The SMILES string of the molecule is CCc1cccc(C(F)C(=O)O)c1. The van der Waals surface area contributed by atoms with Crippen LogP contribution in [0.2, 0.25) is 0 Å². The van der Waals surface area contributed by atoms with E-state index in [0.717, 1.165) is 12.0 Å². The molecule has 0 saturated heterocycles. The van der Waals surface area contributed by atoms with Gasteiger partial charge in [0.1, 0.15) is 0 Å². The number of carboxylic acids is 1. The van der Waals surface area contributed by atoms with E-state index in [1.807, 2.05) is 13.0 Å². The summed E-state index contributed by atoms with van der Waals surface area (Å²) in [6.45, 7) is 1.94. The maximum absolute atomic E-state index is 13.0. The summed E-state index contributed by atoms with van der Waals surface area (Å²) in [6, 6.07) is 6.58. The van der Waals surface area contributed by atoms with Gasteiger partial charge in [-0.3, -0.25) is 0 Å². The van der Waals surface area contributed by atoms with Crippen molar-refractivity contribution in [2.45, 2.75) is 19.5 Å². The summed E-state index contributed by atoms with van der Waals surface area (Å²) in [6.07, 6.45) is -1.13. The van der Waals surface area contributed by atoms with Crippen LogP contribution < -0.4 is 0 Å². The summed E-state index contributed by atoms with van der Waals surface area (Å²) in [5.41, 5.74) is 1.16. The second-order valence-corrected chi connectivity index (χ2v) is 2.80. The van der Waals surface area contributed by atoms with Gasteiger partial charge in [-0.1, -0.05) is 31.2 Å². The molecular formula is C10H11FO2. The van der Waals surface area contributed by atoms with Crippen LogP contribution >= 0.6 is 0 Å². The van der Waals surface area contributed by atoms with Gasteiger partial charge in [0, 0.05) is 0 Å². The number of halogens is 1. The van der Waals surface area contributed by atoms with Crippen LogP contribution in [-0.4, -0.2) is 11.1 Å². The molecule has 1 N–H and O–H groups in total. The van der Waals surface area contributed by atoms with Gasteiger partial charge in [-0.05, 0) is 17.5 Å². The summed E-state index contributed by atoms with van der Waals surface area (Å²) in [5, 5.41) is 8.42. The van der Waals surface area contributed by atoms with Crippen molar-refractivity contribution in [3.05, 3.63) is 35.4 Å². The van der Waals surface area contributed by atoms with E-state index in [0.29, 0.717) is 0 Å². The number of carboxylic acid groups (broad SMARTS) is 1. The van der Waals surface area contributed by atoms with Crippen molar-refractivity contribution < 1.29 is 14.3 Å². The Morgan fingerprint density at radius 1 is 1.62 bits per heavy atom. The number of aliphatic carboxylic acids is 1. The zero-order chi connectivity index (χ0) is 9.84. The predicted octanol–water partition coefficient (Wildman–Crippen LogP) is 2.34. The van der Waals surface area contributed by atoms with Gasteiger partial charge >= 0.3 is 5.97 Å². The van der Waals surface area contributed by atoms with E-state index in [1.165, 1.54) is 6.07 Å². The molecular weight excluding hydrogens is 171 g/mol. The van der Waals surface area contributed by atoms with E-state index in [1.54, 1.807) is 12.1 Å². The summed E-state index contributed by atoms with van der Waals surface area (Å²) in [5.74, 6) is -1.44. The molecule has 0 radical (unpaired) electrons. The Morgan fingerprint density at radius 3 is 2.85 bits per heavy atom. The molecule has 0 aliphatic carbocycles. The molecule has 0 fully saturated rings. The first-order valence-electron chi connectivity index (χ1n) is 4.11. The van der Waals surface area contributed by atoms with Gasteiger partial charge in [0.15, 0.2) is 0 Å². The third-order valence-corrected chi connectivity index (χ3v) is 1.87. The molecule has 0 aliphatic heterocycles. The lowest BCUT2D eigenvalue weighted by Crippen LogP contribution is -2.06. The normalized spacial score (nSPS) is 12.5. The first-order valence-corrected chi connectivity index (χ1v) is 4.11. The fraction of sp³-hybridized carbons (Fsp3) is 0.300. The average molecular weight is 182 g/mol. The molecule has 1 aromatic rings. The molecule has 0 heterocycles. The van der Waals surface area contributed by atoms with Gasteiger partial charge in [0.05, 0.1) is 0 Å². The van der Waals surface area contributed by atoms with Crippen LogP contribution in [0.15, 0.2) is 24.3 Å². The maximum Gasteiger partial charge on any atom is 0.343 e. The number of alkyl halides is 1. The smallest absolute Gasteiger partial charge is 0.343 e. The zero-order valence-electron chi connectivity index (χ0n) is 7.33. The molecule has 1 aromatic carbocycles. The standard InChI is InChI=1S/C10H11FO2/c1-2-7-4-3-5-8(6-7)9(11)10(12)13/h3-6,9H,2H2,1H3,(H,12,13). The third-order valence-electron chi connectivity index (χ3n) is 1.87. The first kappa shape index (κ1) is 9.71. The van der Waals surface area contributed by atoms with Crippen LogP contribution in [0.3, 0.4) is 0 Å². The Hall–Kier alpha value is -1.38. The molecule has 2 nitrogen and oxygen atoms in total. The molecule has 3 heteroatoms. The molecule has 13 heavy (non-hydrogen) atoms. The largest absolute Gasteiger partial charge is 0.479 e. The minimum absolute atomic E-state index is 0.215. The molecule has 70 valence electrons. The third kappa shape index (κ3) is 2.28. The van der Waals surface area contributed by atoms with Crippen molar-refractivity contribution >= 4 is 5.97 Å². The molecule has 0 aromatic heterocycles. The van der Waals surface area contributed by atoms with Gasteiger partial charge in [0.2, 0.25) is 6.17 Å². The van der Waals surface area contributed by atoms with Crippen molar-refractivity contribution in [2.24, 2.45) is 0 Å². The monoisotopic (exact) mass is 182 g/mol. The molecule has 1 atom stereocenters. The van der Waals surface area contributed by atoms with E-state index in [4.69, 9.17) is 5.11 Å². The Bertz CT molecular complexity index is 310. The van der Waals surface area contributed by atoms with E-state index in [9.17, 15) is 9.18 Å². The Balaban J connectivity index is 2.94. The highest BCUT2D eigenvalue weighted by Gasteiger charge is 2.17. The van der Waals surface area contributed by atoms with Crippen LogP contribution in [0.1, 0.15) is 24.2 Å². The van der Waals surface area contributed by atoms with Gasteiger partial charge in [0.25, 0.3) is 0 Å². The van der Waals surface area contributed by atoms with E-state index < -0.39 is 12.1 Å². The number of aryl methyl sites for hydroxylation is 1. The van der Waals surface area contributed by atoms with Crippen LogP contribution in [0.25, 0.3) is 0 Å². The summed E-state index contributed by atoms with van der Waals surface area (Å²) < 4.78 is 13.0. The summed E-state index contributed by atoms with van der Waals surface area (Å²) >= 11 is 0. The molecule has 0 bridgehead atoms. The highest BCUT2D eigenvalue weighted by molar-refractivity contribution is 5.74. The van der Waals surface area contributed by atoms with Crippen LogP contribution in [-0.2, 0) is 11.2 Å². The average Bonchev–Trinajstić information content (AvgIpc) is 2.16. The molecule has 0 amide bonds. The van der Waals surface area contributed by atoms with Crippen molar-refractivity contribution in [2.75, 3.05) is 0 Å². The molecule has 0 saturated carbocycles. The highest BCUT2D eigenvalue weighted by Crippen LogP contribution is 2.18. The Kier molecular flexibility index (Phi) is 3.01. The van der Waals surface area contributed by atoms with Crippen molar-refractivity contribution in [1.82, 2.24) is 0 Å². The highest BCUT2D eigenvalue weighted by atomic mass is 19.1. The second kappa shape index (κ2) is 4.03. The fourth-order valence-electron chi connectivity index (χ4n) is 1.11. The van der Waals surface area contributed by atoms with Crippen LogP contribution in [0, 0.1) is 0 Å². The number of benzene rings is 1. The van der Waals surface area contributed by atoms with Gasteiger partial charge < -0.3 is 5.11 Å². The quantitative estimate of drug-likeness (QED) is 0.779. The molecule has 1 unspecified atom stereocenters. The summed E-state index contributed by atoms with van der Waals surface area (Å²) in [7, 11) is 0. The molecule has 0 spiro atoms. The van der Waals surface area contributed by atoms with Crippen molar-refractivity contribution in [3.63, 3.8) is 0 Å². The van der Waals surface area contributed by atoms with Crippen LogP contribution in [0.5, 0.6) is 0 Å². The van der Waals surface area contributed by atoms with E-state index >= 15 is 0 Å². The second-order valence-electron chi connectivity index (χ2n) is 2.80. The number of hydrogen-bond donors (Lipinski definition) is 1. The topological polar surface area (TPSA) is 37.3 Å². The van der Waals surface area contributed by atoms with E-state index in [-0.39, 0.29) is 5.56 Å². The lowest BCUT2D eigenvalue weighted by atomic mass is 10.1. The first-order chi connectivity index (χ1) is 6.15. The fourth-order valence-corrected chi connectivity index (χ4v) is 1.11. The molecule has 0 aliphatic rings. The van der Waals surface area contributed by atoms with Gasteiger partial charge in [-0.25, -0.2) is 9.18 Å². The lowest BCUT2D eigenvalue weighted by Gasteiger charge is -2.04. The zero-order valence-corrected chi connectivity index (χ0v) is 7.33. The lowest BCUT2D eigenvalue weighted by molar-refractivity contribution is -0.143. The van der Waals surface area contributed by atoms with Gasteiger partial charge in [-0.2, -0.15) is 0 Å². The predicted molar refractivity (Wildman–Crippen MR) is 47.3 cm³/mol. The van der Waals surface area contributed by atoms with E-state index in [2.05, 4.69) is 0 Å². The number of carbonyl (C=O) groups is 1.